The lowest BCUT2D eigenvalue weighted by Crippen LogP contribution is -2.12. The molecule has 2 aromatic rings. The van der Waals surface area contributed by atoms with E-state index in [0.717, 1.165) is 5.56 Å². The molecule has 21 heavy (non-hydrogen) atoms. The Morgan fingerprint density at radius 2 is 2.10 bits per heavy atom. The Bertz CT molecular complexity index is 641. The van der Waals surface area contributed by atoms with Gasteiger partial charge in [0.25, 0.3) is 0 Å². The van der Waals surface area contributed by atoms with Gasteiger partial charge in [0.1, 0.15) is 0 Å². The Labute approximate surface area is 123 Å². The number of aryl methyl sites for hydroxylation is 1. The van der Waals surface area contributed by atoms with Gasteiger partial charge in [0.2, 0.25) is 5.91 Å². The molecule has 0 aromatic heterocycles. The first-order valence-corrected chi connectivity index (χ1v) is 6.60. The van der Waals surface area contributed by atoms with Crippen molar-refractivity contribution in [2.45, 2.75) is 12.8 Å². The number of methoxy groups -OCH3 is 1. The van der Waals surface area contributed by atoms with Crippen LogP contribution in [-0.2, 0) is 11.2 Å². The molecule has 0 saturated heterocycles. The number of anilines is 2. The normalized spacial score (nSPS) is 10.1. The number of nitrogen functional groups attached to an aromatic ring is 1. The van der Waals surface area contributed by atoms with Crippen LogP contribution in [0.15, 0.2) is 42.5 Å². The van der Waals surface area contributed by atoms with Crippen LogP contribution < -0.4 is 15.8 Å². The molecule has 0 fully saturated rings. The predicted molar refractivity (Wildman–Crippen MR) is 82.5 cm³/mol. The van der Waals surface area contributed by atoms with Gasteiger partial charge in [-0.3, -0.25) is 4.79 Å². The first kappa shape index (κ1) is 14.7. The Balaban J connectivity index is 1.91. The summed E-state index contributed by atoms with van der Waals surface area (Å²) in [6.45, 7) is 0. The molecular weight excluding hydrogens is 268 g/mol. The molecule has 5 nitrogen and oxygen atoms in total. The zero-order chi connectivity index (χ0) is 15.2. The van der Waals surface area contributed by atoms with Crippen LogP contribution in [0.3, 0.4) is 0 Å². The number of hydrogen-bond acceptors (Lipinski definition) is 4. The van der Waals surface area contributed by atoms with E-state index < -0.39 is 0 Å². The van der Waals surface area contributed by atoms with Gasteiger partial charge in [-0.15, -0.1) is 0 Å². The summed E-state index contributed by atoms with van der Waals surface area (Å²) in [5.74, 6) is 0.237. The molecule has 0 bridgehead atoms. The van der Waals surface area contributed by atoms with E-state index in [0.29, 0.717) is 30.0 Å². The van der Waals surface area contributed by atoms with Gasteiger partial charge in [-0.05, 0) is 36.2 Å². The highest BCUT2D eigenvalue weighted by atomic mass is 16.5. The zero-order valence-corrected chi connectivity index (χ0v) is 11.8. The number of rotatable bonds is 5. The van der Waals surface area contributed by atoms with Crippen LogP contribution in [0.25, 0.3) is 0 Å². The zero-order valence-electron chi connectivity index (χ0n) is 11.8. The average molecular weight is 286 g/mol. The topological polar surface area (TPSA) is 84.6 Å². The third-order valence-electron chi connectivity index (χ3n) is 3.05. The number of phenols is 1. The second-order valence-corrected chi connectivity index (χ2v) is 4.68. The van der Waals surface area contributed by atoms with Crippen molar-refractivity contribution in [1.29, 1.82) is 0 Å². The maximum absolute atomic E-state index is 11.9. The lowest BCUT2D eigenvalue weighted by molar-refractivity contribution is -0.116. The summed E-state index contributed by atoms with van der Waals surface area (Å²) in [5, 5.41) is 12.4. The lowest BCUT2D eigenvalue weighted by Gasteiger charge is -2.08. The molecule has 0 aliphatic rings. The van der Waals surface area contributed by atoms with Crippen molar-refractivity contribution in [1.82, 2.24) is 0 Å². The standard InChI is InChI=1S/C16H18N2O3/c1-21-15-7-6-13(10-14(15)19)18-16(20)8-5-11-3-2-4-12(17)9-11/h2-4,6-7,9-10,19H,5,8,17H2,1H3,(H,18,20). The molecule has 4 N–H and O–H groups in total. The van der Waals surface area contributed by atoms with Gasteiger partial charge in [0, 0.05) is 23.9 Å². The maximum atomic E-state index is 11.9. The number of amides is 1. The average Bonchev–Trinajstić information content (AvgIpc) is 2.45. The molecule has 0 aliphatic carbocycles. The molecule has 110 valence electrons. The van der Waals surface area contributed by atoms with Crippen LogP contribution in [0.4, 0.5) is 11.4 Å². The van der Waals surface area contributed by atoms with E-state index >= 15 is 0 Å². The molecular formula is C16H18N2O3. The van der Waals surface area contributed by atoms with Gasteiger partial charge in [-0.1, -0.05) is 12.1 Å². The Kier molecular flexibility index (Phi) is 4.66. The van der Waals surface area contributed by atoms with Crippen LogP contribution >= 0.6 is 0 Å². The number of nitrogens with two attached hydrogens (primary N) is 1. The van der Waals surface area contributed by atoms with Crippen LogP contribution in [0.2, 0.25) is 0 Å². The number of carbonyl (C=O) groups is 1. The van der Waals surface area contributed by atoms with Gasteiger partial charge < -0.3 is 20.9 Å². The molecule has 0 atom stereocenters. The molecule has 0 unspecified atom stereocenters. The van der Waals surface area contributed by atoms with Crippen molar-refractivity contribution in [3.63, 3.8) is 0 Å². The summed E-state index contributed by atoms with van der Waals surface area (Å²) < 4.78 is 4.95. The van der Waals surface area contributed by atoms with E-state index in [1.807, 2.05) is 24.3 Å². The number of ether oxygens (including phenoxy) is 1. The van der Waals surface area contributed by atoms with E-state index in [1.54, 1.807) is 12.1 Å². The van der Waals surface area contributed by atoms with Crippen molar-refractivity contribution < 1.29 is 14.6 Å². The Morgan fingerprint density at radius 3 is 2.76 bits per heavy atom. The van der Waals surface area contributed by atoms with Crippen LogP contribution in [0.1, 0.15) is 12.0 Å². The first-order valence-electron chi connectivity index (χ1n) is 6.60. The van der Waals surface area contributed by atoms with Gasteiger partial charge in [-0.25, -0.2) is 0 Å². The fourth-order valence-corrected chi connectivity index (χ4v) is 2.00. The number of phenolic OH excluding ortho intramolecular Hbond substituents is 1. The van der Waals surface area contributed by atoms with Gasteiger partial charge in [-0.2, -0.15) is 0 Å². The van der Waals surface area contributed by atoms with E-state index in [2.05, 4.69) is 5.32 Å². The lowest BCUT2D eigenvalue weighted by atomic mass is 10.1. The summed E-state index contributed by atoms with van der Waals surface area (Å²) in [7, 11) is 1.47. The minimum absolute atomic E-state index is 0.00821. The summed E-state index contributed by atoms with van der Waals surface area (Å²) in [4.78, 5) is 11.9. The first-order chi connectivity index (χ1) is 10.1. The number of hydrogen-bond donors (Lipinski definition) is 3. The summed E-state index contributed by atoms with van der Waals surface area (Å²) in [5.41, 5.74) is 7.93. The molecule has 0 spiro atoms. The third-order valence-corrected chi connectivity index (χ3v) is 3.05. The summed E-state index contributed by atoms with van der Waals surface area (Å²) >= 11 is 0. The van der Waals surface area contributed by atoms with E-state index in [9.17, 15) is 9.90 Å². The van der Waals surface area contributed by atoms with Crippen molar-refractivity contribution in [2.24, 2.45) is 0 Å². The van der Waals surface area contributed by atoms with Crippen LogP contribution in [0.5, 0.6) is 11.5 Å². The Morgan fingerprint density at radius 1 is 1.29 bits per heavy atom. The van der Waals surface area contributed by atoms with Crippen molar-refractivity contribution >= 4 is 17.3 Å². The van der Waals surface area contributed by atoms with Crippen molar-refractivity contribution in [3.05, 3.63) is 48.0 Å². The molecule has 1 amide bonds. The highest BCUT2D eigenvalue weighted by Gasteiger charge is 2.06. The molecule has 0 aliphatic heterocycles. The smallest absolute Gasteiger partial charge is 0.224 e. The van der Waals surface area contributed by atoms with Crippen molar-refractivity contribution in [3.8, 4) is 11.5 Å². The van der Waals surface area contributed by atoms with E-state index in [1.165, 1.54) is 13.2 Å². The molecule has 2 rings (SSSR count). The SMILES string of the molecule is COc1ccc(NC(=O)CCc2cccc(N)c2)cc1O. The van der Waals surface area contributed by atoms with E-state index in [-0.39, 0.29) is 11.7 Å². The molecule has 0 radical (unpaired) electrons. The maximum Gasteiger partial charge on any atom is 0.224 e. The van der Waals surface area contributed by atoms with Gasteiger partial charge >= 0.3 is 0 Å². The van der Waals surface area contributed by atoms with Crippen molar-refractivity contribution in [2.75, 3.05) is 18.2 Å². The van der Waals surface area contributed by atoms with Gasteiger partial charge in [0.15, 0.2) is 11.5 Å². The predicted octanol–water partition coefficient (Wildman–Crippen LogP) is 2.55. The van der Waals surface area contributed by atoms with E-state index in [4.69, 9.17) is 10.5 Å². The number of nitrogens with one attached hydrogen (secondary N) is 1. The number of carbonyl (C=O) groups excluding carboxylic acids is 1. The Hall–Kier alpha value is -2.69. The molecule has 2 aromatic carbocycles. The summed E-state index contributed by atoms with van der Waals surface area (Å²) in [6, 6.07) is 12.2. The van der Waals surface area contributed by atoms with Crippen LogP contribution in [-0.4, -0.2) is 18.1 Å². The fraction of sp³-hybridized carbons (Fsp3) is 0.188. The second-order valence-electron chi connectivity index (χ2n) is 4.68. The molecule has 0 saturated carbocycles. The minimum Gasteiger partial charge on any atom is -0.504 e. The van der Waals surface area contributed by atoms with Crippen LogP contribution in [0, 0.1) is 0 Å². The number of aromatic hydroxyl groups is 1. The minimum atomic E-state index is -0.123. The van der Waals surface area contributed by atoms with Gasteiger partial charge in [0.05, 0.1) is 7.11 Å². The monoisotopic (exact) mass is 286 g/mol. The largest absolute Gasteiger partial charge is 0.504 e. The molecule has 0 heterocycles. The fourth-order valence-electron chi connectivity index (χ4n) is 2.00. The number of benzene rings is 2. The third kappa shape index (κ3) is 4.14. The second kappa shape index (κ2) is 6.65. The quantitative estimate of drug-likeness (QED) is 0.737. The highest BCUT2D eigenvalue weighted by molar-refractivity contribution is 5.91. The molecule has 5 heteroatoms. The highest BCUT2D eigenvalue weighted by Crippen LogP contribution is 2.28. The summed E-state index contributed by atoms with van der Waals surface area (Å²) in [6.07, 6.45) is 0.954.